The molecular formula is C18H12FN3O3. The third-order valence-corrected chi connectivity index (χ3v) is 3.67. The maximum Gasteiger partial charge on any atom is 0.338 e. The van der Waals surface area contributed by atoms with Crippen molar-refractivity contribution in [2.75, 3.05) is 0 Å². The molecule has 0 aliphatic rings. The van der Waals surface area contributed by atoms with Crippen LogP contribution in [-0.2, 0) is 11.3 Å². The number of nitrogens with one attached hydrogen (secondary N) is 1. The lowest BCUT2D eigenvalue weighted by atomic mass is 10.1. The van der Waals surface area contributed by atoms with E-state index in [9.17, 15) is 9.18 Å². The second-order valence-corrected chi connectivity index (χ2v) is 5.38. The van der Waals surface area contributed by atoms with Crippen LogP contribution in [0.1, 0.15) is 16.2 Å². The Kier molecular flexibility index (Phi) is 3.74. The summed E-state index contributed by atoms with van der Waals surface area (Å²) in [4.78, 5) is 19.3. The predicted molar refractivity (Wildman–Crippen MR) is 87.1 cm³/mol. The SMILES string of the molecule is O=C(OCc1nc(-c2cccc(F)c2)no1)c1ccc2[nH]ccc2c1. The minimum absolute atomic E-state index is 0.135. The van der Waals surface area contributed by atoms with Crippen LogP contribution >= 0.6 is 0 Å². The number of carbonyl (C=O) groups excluding carboxylic acids is 1. The van der Waals surface area contributed by atoms with E-state index in [1.54, 1.807) is 36.5 Å². The molecule has 6 nitrogen and oxygen atoms in total. The summed E-state index contributed by atoms with van der Waals surface area (Å²) in [7, 11) is 0. The average Bonchev–Trinajstić information content (AvgIpc) is 3.28. The second-order valence-electron chi connectivity index (χ2n) is 5.38. The van der Waals surface area contributed by atoms with Crippen LogP contribution < -0.4 is 0 Å². The highest BCUT2D eigenvalue weighted by Gasteiger charge is 2.13. The van der Waals surface area contributed by atoms with Gasteiger partial charge in [-0.15, -0.1) is 0 Å². The van der Waals surface area contributed by atoms with E-state index in [4.69, 9.17) is 9.26 Å². The Morgan fingerprint density at radius 2 is 2.12 bits per heavy atom. The third-order valence-electron chi connectivity index (χ3n) is 3.67. The zero-order chi connectivity index (χ0) is 17.2. The van der Waals surface area contributed by atoms with Crippen LogP contribution in [0, 0.1) is 5.82 Å². The van der Waals surface area contributed by atoms with Crippen molar-refractivity contribution in [2.45, 2.75) is 6.61 Å². The van der Waals surface area contributed by atoms with Gasteiger partial charge in [-0.25, -0.2) is 9.18 Å². The highest BCUT2D eigenvalue weighted by atomic mass is 19.1. The molecule has 0 saturated carbocycles. The monoisotopic (exact) mass is 337 g/mol. The van der Waals surface area contributed by atoms with Gasteiger partial charge < -0.3 is 14.2 Å². The molecule has 0 saturated heterocycles. The largest absolute Gasteiger partial charge is 0.452 e. The Balaban J connectivity index is 1.45. The molecule has 0 spiro atoms. The van der Waals surface area contributed by atoms with Gasteiger partial charge in [-0.1, -0.05) is 17.3 Å². The van der Waals surface area contributed by atoms with Crippen LogP contribution in [0.2, 0.25) is 0 Å². The Labute approximate surface area is 141 Å². The van der Waals surface area contributed by atoms with E-state index >= 15 is 0 Å². The van der Waals surface area contributed by atoms with Gasteiger partial charge in [-0.3, -0.25) is 0 Å². The van der Waals surface area contributed by atoms with Crippen molar-refractivity contribution in [2.24, 2.45) is 0 Å². The molecule has 0 atom stereocenters. The number of aromatic nitrogens is 3. The van der Waals surface area contributed by atoms with Gasteiger partial charge in [-0.2, -0.15) is 4.98 Å². The van der Waals surface area contributed by atoms with Crippen LogP contribution in [-0.4, -0.2) is 21.1 Å². The number of ether oxygens (including phenoxy) is 1. The smallest absolute Gasteiger partial charge is 0.338 e. The highest BCUT2D eigenvalue weighted by Crippen LogP contribution is 2.18. The molecule has 4 aromatic rings. The lowest BCUT2D eigenvalue weighted by molar-refractivity contribution is 0.0430. The quantitative estimate of drug-likeness (QED) is 0.574. The zero-order valence-electron chi connectivity index (χ0n) is 12.9. The molecule has 2 heterocycles. The van der Waals surface area contributed by atoms with E-state index in [-0.39, 0.29) is 18.3 Å². The number of hydrogen-bond donors (Lipinski definition) is 1. The normalized spacial score (nSPS) is 10.9. The summed E-state index contributed by atoms with van der Waals surface area (Å²) in [5.74, 6) is -0.515. The van der Waals surface area contributed by atoms with Gasteiger partial charge in [0.15, 0.2) is 6.61 Å². The first-order valence-corrected chi connectivity index (χ1v) is 7.52. The summed E-state index contributed by atoms with van der Waals surface area (Å²) in [6.45, 7) is -0.160. The number of benzene rings is 2. The van der Waals surface area contributed by atoms with Crippen molar-refractivity contribution in [1.82, 2.24) is 15.1 Å². The lowest BCUT2D eigenvalue weighted by Crippen LogP contribution is -2.05. The summed E-state index contributed by atoms with van der Waals surface area (Å²) in [6.07, 6.45) is 1.80. The number of H-pyrrole nitrogens is 1. The summed E-state index contributed by atoms with van der Waals surface area (Å²) >= 11 is 0. The number of fused-ring (bicyclic) bond motifs is 1. The number of carbonyl (C=O) groups is 1. The first-order valence-electron chi connectivity index (χ1n) is 7.52. The van der Waals surface area contributed by atoms with Gasteiger partial charge in [0.2, 0.25) is 5.82 Å². The summed E-state index contributed by atoms with van der Waals surface area (Å²) in [5.41, 5.74) is 1.85. The van der Waals surface area contributed by atoms with E-state index in [1.165, 1.54) is 12.1 Å². The number of nitrogens with zero attached hydrogens (tertiary/aromatic N) is 2. The van der Waals surface area contributed by atoms with Gasteiger partial charge in [0.25, 0.3) is 5.89 Å². The molecule has 25 heavy (non-hydrogen) atoms. The molecule has 2 aromatic heterocycles. The molecule has 0 amide bonds. The molecule has 1 N–H and O–H groups in total. The molecular weight excluding hydrogens is 325 g/mol. The van der Waals surface area contributed by atoms with Crippen LogP contribution in [0.25, 0.3) is 22.3 Å². The van der Waals surface area contributed by atoms with Gasteiger partial charge in [-0.05, 0) is 36.4 Å². The Morgan fingerprint density at radius 3 is 3.00 bits per heavy atom. The van der Waals surface area contributed by atoms with Crippen LogP contribution in [0.3, 0.4) is 0 Å². The minimum atomic E-state index is -0.492. The number of rotatable bonds is 4. The Morgan fingerprint density at radius 1 is 1.20 bits per heavy atom. The summed E-state index contributed by atoms with van der Waals surface area (Å²) in [5, 5.41) is 4.68. The van der Waals surface area contributed by atoms with Crippen LogP contribution in [0.4, 0.5) is 4.39 Å². The molecule has 7 heteroatoms. The maximum absolute atomic E-state index is 13.2. The molecule has 2 aromatic carbocycles. The van der Waals surface area contributed by atoms with Crippen molar-refractivity contribution in [3.05, 3.63) is 72.0 Å². The predicted octanol–water partition coefficient (Wildman–Crippen LogP) is 3.71. The average molecular weight is 337 g/mol. The zero-order valence-corrected chi connectivity index (χ0v) is 12.9. The van der Waals surface area contributed by atoms with Crippen molar-refractivity contribution in [3.63, 3.8) is 0 Å². The maximum atomic E-state index is 13.2. The number of aromatic amines is 1. The third kappa shape index (κ3) is 3.12. The lowest BCUT2D eigenvalue weighted by Gasteiger charge is -2.02. The Bertz CT molecular complexity index is 1050. The molecule has 4 rings (SSSR count). The molecule has 0 radical (unpaired) electrons. The fraction of sp³-hybridized carbons (Fsp3) is 0.0556. The van der Waals surface area contributed by atoms with Crippen LogP contribution in [0.15, 0.2) is 59.3 Å². The molecule has 0 bridgehead atoms. The fourth-order valence-corrected chi connectivity index (χ4v) is 2.45. The first kappa shape index (κ1) is 15.1. The summed E-state index contributed by atoms with van der Waals surface area (Å²) < 4.78 is 23.5. The second kappa shape index (κ2) is 6.20. The fourth-order valence-electron chi connectivity index (χ4n) is 2.45. The van der Waals surface area contributed by atoms with E-state index in [0.29, 0.717) is 11.1 Å². The minimum Gasteiger partial charge on any atom is -0.452 e. The highest BCUT2D eigenvalue weighted by molar-refractivity contribution is 5.94. The number of hydrogen-bond acceptors (Lipinski definition) is 5. The molecule has 0 fully saturated rings. The molecule has 0 unspecified atom stereocenters. The van der Waals surface area contributed by atoms with E-state index in [0.717, 1.165) is 10.9 Å². The summed E-state index contributed by atoms with van der Waals surface area (Å²) in [6, 6.07) is 12.9. The molecule has 0 aliphatic heterocycles. The van der Waals surface area contributed by atoms with Crippen LogP contribution in [0.5, 0.6) is 0 Å². The van der Waals surface area contributed by atoms with Crippen molar-refractivity contribution in [1.29, 1.82) is 0 Å². The van der Waals surface area contributed by atoms with Crippen molar-refractivity contribution < 1.29 is 18.4 Å². The van der Waals surface area contributed by atoms with Gasteiger partial charge in [0, 0.05) is 22.7 Å². The molecule has 124 valence electrons. The van der Waals surface area contributed by atoms with Gasteiger partial charge in [0.05, 0.1) is 5.56 Å². The van der Waals surface area contributed by atoms with Crippen molar-refractivity contribution in [3.8, 4) is 11.4 Å². The number of esters is 1. The van der Waals surface area contributed by atoms with Gasteiger partial charge >= 0.3 is 5.97 Å². The molecule has 0 aliphatic carbocycles. The topological polar surface area (TPSA) is 81.0 Å². The number of halogens is 1. The standard InChI is InChI=1S/C18H12FN3O3/c19-14-3-1-2-12(9-14)17-21-16(25-22-17)10-24-18(23)13-4-5-15-11(8-13)6-7-20-15/h1-9,20H,10H2. The van der Waals surface area contributed by atoms with E-state index < -0.39 is 11.8 Å². The first-order chi connectivity index (χ1) is 12.2. The van der Waals surface area contributed by atoms with E-state index in [1.807, 2.05) is 6.07 Å². The van der Waals surface area contributed by atoms with E-state index in [2.05, 4.69) is 15.1 Å². The van der Waals surface area contributed by atoms with Crippen molar-refractivity contribution >= 4 is 16.9 Å². The van der Waals surface area contributed by atoms with Gasteiger partial charge in [0.1, 0.15) is 5.82 Å². The Hall–Kier alpha value is -3.48.